The molecule has 3 aliphatic heterocycles. The summed E-state index contributed by atoms with van der Waals surface area (Å²) in [5.41, 5.74) is 3.94. The van der Waals surface area contributed by atoms with E-state index in [0.717, 1.165) is 63.2 Å². The standard InChI is InChI=1S/C27H30Cl2N4O3/c28-19-7-8-23(22(29)16-19)32-14-12-31(13-15-32)11-2-1-4-18-5-3-6-20-21(18)17-33(27(20)36)24-9-10-25(34)30-26(24)35/h3,5-8,16,24H,1-2,4,9-15,17H2,(H,30,34,35). The van der Waals surface area contributed by atoms with E-state index in [0.29, 0.717) is 28.6 Å². The zero-order valence-corrected chi connectivity index (χ0v) is 21.7. The molecule has 3 heterocycles. The Kier molecular flexibility index (Phi) is 7.51. The molecule has 5 rings (SSSR count). The van der Waals surface area contributed by atoms with Crippen LogP contribution in [0.4, 0.5) is 5.69 Å². The Bertz CT molecular complexity index is 1180. The molecule has 0 bridgehead atoms. The maximum atomic E-state index is 13.0. The van der Waals surface area contributed by atoms with Crippen LogP contribution in [0.5, 0.6) is 0 Å². The summed E-state index contributed by atoms with van der Waals surface area (Å²) in [6, 6.07) is 11.0. The highest BCUT2D eigenvalue weighted by molar-refractivity contribution is 6.36. The molecular weight excluding hydrogens is 499 g/mol. The molecule has 0 radical (unpaired) electrons. The van der Waals surface area contributed by atoms with Gasteiger partial charge in [-0.1, -0.05) is 35.3 Å². The monoisotopic (exact) mass is 528 g/mol. The Morgan fingerprint density at radius 3 is 2.53 bits per heavy atom. The van der Waals surface area contributed by atoms with Crippen LogP contribution in [-0.4, -0.2) is 66.3 Å². The molecule has 2 saturated heterocycles. The quantitative estimate of drug-likeness (QED) is 0.435. The van der Waals surface area contributed by atoms with Crippen molar-refractivity contribution in [1.29, 1.82) is 0 Å². The van der Waals surface area contributed by atoms with Crippen molar-refractivity contribution in [2.24, 2.45) is 0 Å². The molecule has 3 aliphatic rings. The van der Waals surface area contributed by atoms with Crippen molar-refractivity contribution in [2.75, 3.05) is 37.6 Å². The van der Waals surface area contributed by atoms with Crippen molar-refractivity contribution < 1.29 is 14.4 Å². The number of imide groups is 1. The first kappa shape index (κ1) is 25.1. The number of halogens is 2. The maximum absolute atomic E-state index is 13.0. The second kappa shape index (κ2) is 10.8. The molecule has 190 valence electrons. The van der Waals surface area contributed by atoms with E-state index in [1.807, 2.05) is 24.3 Å². The molecule has 1 atom stereocenters. The Hall–Kier alpha value is -2.61. The number of unbranched alkanes of at least 4 members (excludes halogenated alkanes) is 1. The Balaban J connectivity index is 1.11. The van der Waals surface area contributed by atoms with Crippen LogP contribution in [0, 0.1) is 0 Å². The maximum Gasteiger partial charge on any atom is 0.255 e. The van der Waals surface area contributed by atoms with E-state index in [9.17, 15) is 14.4 Å². The molecule has 9 heteroatoms. The molecule has 0 aromatic heterocycles. The van der Waals surface area contributed by atoms with E-state index >= 15 is 0 Å². The Morgan fingerprint density at radius 2 is 1.78 bits per heavy atom. The van der Waals surface area contributed by atoms with Crippen LogP contribution in [0.15, 0.2) is 36.4 Å². The van der Waals surface area contributed by atoms with Crippen LogP contribution < -0.4 is 10.2 Å². The Morgan fingerprint density at radius 1 is 0.972 bits per heavy atom. The number of anilines is 1. The zero-order valence-electron chi connectivity index (χ0n) is 20.1. The highest BCUT2D eigenvalue weighted by Gasteiger charge is 2.39. The summed E-state index contributed by atoms with van der Waals surface area (Å²) in [5.74, 6) is -0.747. The third-order valence-electron chi connectivity index (χ3n) is 7.47. The Labute approximate surface area is 221 Å². The van der Waals surface area contributed by atoms with Crippen LogP contribution in [0.1, 0.15) is 47.2 Å². The zero-order chi connectivity index (χ0) is 25.2. The summed E-state index contributed by atoms with van der Waals surface area (Å²) in [5, 5.41) is 3.71. The summed E-state index contributed by atoms with van der Waals surface area (Å²) in [7, 11) is 0. The average Bonchev–Trinajstić information content (AvgIpc) is 3.19. The number of amides is 3. The fourth-order valence-corrected chi connectivity index (χ4v) is 6.01. The lowest BCUT2D eigenvalue weighted by Gasteiger charge is -2.36. The number of nitrogens with one attached hydrogen (secondary N) is 1. The first-order valence-electron chi connectivity index (χ1n) is 12.6. The molecule has 0 aliphatic carbocycles. The number of aryl methyl sites for hydroxylation is 1. The first-order chi connectivity index (χ1) is 17.4. The SMILES string of the molecule is O=C1CCC(N2Cc3c(CCCCN4CCN(c5ccc(Cl)cc5Cl)CC4)cccc3C2=O)C(=O)N1. The second-order valence-corrected chi connectivity index (χ2v) is 10.6. The fraction of sp³-hybridized carbons (Fsp3) is 0.444. The molecule has 2 aromatic carbocycles. The van der Waals surface area contributed by atoms with Gasteiger partial charge in [0.1, 0.15) is 6.04 Å². The topological polar surface area (TPSA) is 73.0 Å². The number of nitrogens with zero attached hydrogens (tertiary/aromatic N) is 3. The summed E-state index contributed by atoms with van der Waals surface area (Å²) in [6.45, 7) is 5.34. The van der Waals surface area contributed by atoms with Gasteiger partial charge < -0.3 is 9.80 Å². The minimum Gasteiger partial charge on any atom is -0.368 e. The van der Waals surface area contributed by atoms with Crippen molar-refractivity contribution in [3.63, 3.8) is 0 Å². The van der Waals surface area contributed by atoms with Gasteiger partial charge in [0.2, 0.25) is 11.8 Å². The van der Waals surface area contributed by atoms with Gasteiger partial charge in [-0.05, 0) is 67.6 Å². The van der Waals surface area contributed by atoms with Crippen LogP contribution in [-0.2, 0) is 22.6 Å². The normalized spacial score (nSPS) is 20.6. The number of fused-ring (bicyclic) bond motifs is 1. The summed E-state index contributed by atoms with van der Waals surface area (Å²) < 4.78 is 0. The first-order valence-corrected chi connectivity index (χ1v) is 13.3. The van der Waals surface area contributed by atoms with Crippen molar-refractivity contribution in [3.05, 3.63) is 63.1 Å². The summed E-state index contributed by atoms with van der Waals surface area (Å²) >= 11 is 12.4. The smallest absolute Gasteiger partial charge is 0.255 e. The van der Waals surface area contributed by atoms with E-state index in [2.05, 4.69) is 21.2 Å². The number of carbonyl (C=O) groups is 3. The van der Waals surface area contributed by atoms with Crippen molar-refractivity contribution in [2.45, 2.75) is 44.7 Å². The third-order valence-corrected chi connectivity index (χ3v) is 8.01. The lowest BCUT2D eigenvalue weighted by molar-refractivity contribution is -0.136. The molecule has 1 unspecified atom stereocenters. The molecule has 1 N–H and O–H groups in total. The summed E-state index contributed by atoms with van der Waals surface area (Å²) in [4.78, 5) is 43.3. The van der Waals surface area contributed by atoms with Gasteiger partial charge in [-0.2, -0.15) is 0 Å². The molecule has 0 saturated carbocycles. The molecule has 3 amide bonds. The highest BCUT2D eigenvalue weighted by Crippen LogP contribution is 2.31. The summed E-state index contributed by atoms with van der Waals surface area (Å²) in [6.07, 6.45) is 3.67. The molecular formula is C27H30Cl2N4O3. The van der Waals surface area contributed by atoms with Gasteiger partial charge in [0.15, 0.2) is 0 Å². The molecule has 36 heavy (non-hydrogen) atoms. The van der Waals surface area contributed by atoms with Crippen molar-refractivity contribution in [3.8, 4) is 0 Å². The van der Waals surface area contributed by atoms with Gasteiger partial charge in [0, 0.05) is 49.7 Å². The third kappa shape index (κ3) is 5.24. The molecule has 0 spiro atoms. The van der Waals surface area contributed by atoms with Crippen LogP contribution >= 0.6 is 23.2 Å². The number of hydrogen-bond acceptors (Lipinski definition) is 5. The largest absolute Gasteiger partial charge is 0.368 e. The van der Waals surface area contributed by atoms with E-state index < -0.39 is 6.04 Å². The lowest BCUT2D eigenvalue weighted by atomic mass is 9.98. The minimum absolute atomic E-state index is 0.111. The van der Waals surface area contributed by atoms with E-state index in [4.69, 9.17) is 23.2 Å². The molecule has 7 nitrogen and oxygen atoms in total. The van der Waals surface area contributed by atoms with Gasteiger partial charge in [-0.25, -0.2) is 0 Å². The van der Waals surface area contributed by atoms with Crippen LogP contribution in [0.3, 0.4) is 0 Å². The number of piperidine rings is 1. The van der Waals surface area contributed by atoms with E-state index in [1.165, 1.54) is 5.56 Å². The van der Waals surface area contributed by atoms with Gasteiger partial charge in [-0.3, -0.25) is 24.6 Å². The number of benzene rings is 2. The number of hydrogen-bond donors (Lipinski definition) is 1. The van der Waals surface area contributed by atoms with Crippen molar-refractivity contribution in [1.82, 2.24) is 15.1 Å². The molecule has 2 fully saturated rings. The number of piperazine rings is 1. The van der Waals surface area contributed by atoms with Gasteiger partial charge >= 0.3 is 0 Å². The van der Waals surface area contributed by atoms with Crippen LogP contribution in [0.25, 0.3) is 0 Å². The van der Waals surface area contributed by atoms with Crippen molar-refractivity contribution >= 4 is 46.6 Å². The van der Waals surface area contributed by atoms with E-state index in [-0.39, 0.29) is 24.1 Å². The predicted octanol–water partition coefficient (Wildman–Crippen LogP) is 3.90. The van der Waals surface area contributed by atoms with Gasteiger partial charge in [0.25, 0.3) is 5.91 Å². The van der Waals surface area contributed by atoms with Crippen LogP contribution in [0.2, 0.25) is 10.0 Å². The van der Waals surface area contributed by atoms with Gasteiger partial charge in [0.05, 0.1) is 10.7 Å². The lowest BCUT2D eigenvalue weighted by Crippen LogP contribution is -2.52. The highest BCUT2D eigenvalue weighted by atomic mass is 35.5. The minimum atomic E-state index is -0.572. The number of rotatable bonds is 7. The second-order valence-electron chi connectivity index (χ2n) is 9.72. The van der Waals surface area contributed by atoms with Gasteiger partial charge in [-0.15, -0.1) is 0 Å². The average molecular weight is 529 g/mol. The fourth-order valence-electron chi connectivity index (χ4n) is 5.49. The number of carbonyl (C=O) groups excluding carboxylic acids is 3. The predicted molar refractivity (Wildman–Crippen MR) is 141 cm³/mol. The van der Waals surface area contributed by atoms with E-state index in [1.54, 1.807) is 11.0 Å². The molecule has 2 aromatic rings.